The quantitative estimate of drug-likeness (QED) is 0.404. The highest BCUT2D eigenvalue weighted by Gasteiger charge is 2.09. The Bertz CT molecular complexity index is 774. The second kappa shape index (κ2) is 6.41. The predicted octanol–water partition coefficient (Wildman–Crippen LogP) is 3.37. The summed E-state index contributed by atoms with van der Waals surface area (Å²) in [5, 5.41) is 29.9. The minimum Gasteiger partial charge on any atom is -0.504 e. The minimum atomic E-state index is -0.507. The second-order valence-corrected chi connectivity index (χ2v) is 4.37. The maximum Gasteiger partial charge on any atom is 0.269 e. The Morgan fingerprint density at radius 2 is 2.00 bits per heavy atom. The lowest BCUT2D eigenvalue weighted by Gasteiger charge is -2.06. The smallest absolute Gasteiger partial charge is 0.269 e. The van der Waals surface area contributed by atoms with Crippen LogP contribution in [-0.2, 0) is 0 Å². The number of para-hydroxylation sites is 1. The van der Waals surface area contributed by atoms with Gasteiger partial charge in [0, 0.05) is 17.7 Å². The lowest BCUT2D eigenvalue weighted by molar-refractivity contribution is -0.384. The number of nitro benzene ring substituents is 1. The first-order valence-corrected chi connectivity index (χ1v) is 6.29. The van der Waals surface area contributed by atoms with Crippen LogP contribution in [0.15, 0.2) is 42.5 Å². The van der Waals surface area contributed by atoms with Gasteiger partial charge in [0.2, 0.25) is 0 Å². The zero-order chi connectivity index (χ0) is 16.1. The molecular weight excluding hydrogens is 284 g/mol. The second-order valence-electron chi connectivity index (χ2n) is 4.37. The van der Waals surface area contributed by atoms with Gasteiger partial charge >= 0.3 is 0 Å². The van der Waals surface area contributed by atoms with Crippen LogP contribution >= 0.6 is 0 Å². The molecule has 22 heavy (non-hydrogen) atoms. The van der Waals surface area contributed by atoms with E-state index in [0.29, 0.717) is 16.9 Å². The molecule has 6 nitrogen and oxygen atoms in total. The third-order valence-electron chi connectivity index (χ3n) is 3.06. The molecule has 0 aromatic heterocycles. The van der Waals surface area contributed by atoms with E-state index in [9.17, 15) is 20.5 Å². The number of nitrogens with zero attached hydrogens (tertiary/aromatic N) is 2. The van der Waals surface area contributed by atoms with E-state index in [1.54, 1.807) is 18.2 Å². The van der Waals surface area contributed by atoms with Gasteiger partial charge in [0.05, 0.1) is 23.7 Å². The molecule has 0 amide bonds. The number of nitro groups is 1. The van der Waals surface area contributed by atoms with Gasteiger partial charge in [0.25, 0.3) is 5.69 Å². The van der Waals surface area contributed by atoms with Crippen molar-refractivity contribution in [3.8, 4) is 17.6 Å². The van der Waals surface area contributed by atoms with Gasteiger partial charge in [-0.1, -0.05) is 12.1 Å². The first-order valence-electron chi connectivity index (χ1n) is 6.29. The fraction of sp³-hybridized carbons (Fsp3) is 0.0625. The third-order valence-corrected chi connectivity index (χ3v) is 3.06. The SMILES string of the molecule is COc1cccc(C=C(C#N)c2ccc([N+](=O)[O-])cc2)c1O. The Morgan fingerprint density at radius 1 is 1.32 bits per heavy atom. The molecule has 0 aliphatic heterocycles. The number of methoxy groups -OCH3 is 1. The Labute approximate surface area is 126 Å². The third kappa shape index (κ3) is 3.04. The summed E-state index contributed by atoms with van der Waals surface area (Å²) in [5.74, 6) is 0.231. The first-order chi connectivity index (χ1) is 10.6. The number of aromatic hydroxyl groups is 1. The normalized spacial score (nSPS) is 10.8. The fourth-order valence-corrected chi connectivity index (χ4v) is 1.92. The summed E-state index contributed by atoms with van der Waals surface area (Å²) in [6.07, 6.45) is 1.50. The van der Waals surface area contributed by atoms with Gasteiger partial charge in [0.1, 0.15) is 0 Å². The number of nitriles is 1. The molecular formula is C16H12N2O4. The number of ether oxygens (including phenoxy) is 1. The Hall–Kier alpha value is -3.33. The molecule has 2 rings (SSSR count). The van der Waals surface area contributed by atoms with Crippen LogP contribution < -0.4 is 4.74 Å². The largest absolute Gasteiger partial charge is 0.504 e. The van der Waals surface area contributed by atoms with Crippen molar-refractivity contribution in [2.24, 2.45) is 0 Å². The summed E-state index contributed by atoms with van der Waals surface area (Å²) in [7, 11) is 1.43. The molecule has 2 aromatic rings. The molecule has 0 fully saturated rings. The number of benzene rings is 2. The highest BCUT2D eigenvalue weighted by Crippen LogP contribution is 2.32. The standard InChI is InChI=1S/C16H12N2O4/c1-22-15-4-2-3-12(16(15)19)9-13(10-17)11-5-7-14(8-6-11)18(20)21/h2-9,19H,1H3. The van der Waals surface area contributed by atoms with E-state index < -0.39 is 4.92 Å². The minimum absolute atomic E-state index is 0.0507. The maximum absolute atomic E-state index is 10.6. The summed E-state index contributed by atoms with van der Waals surface area (Å²) in [4.78, 5) is 10.1. The molecule has 110 valence electrons. The van der Waals surface area contributed by atoms with Crippen molar-refractivity contribution in [3.63, 3.8) is 0 Å². The van der Waals surface area contributed by atoms with Gasteiger partial charge in [0.15, 0.2) is 11.5 Å². The van der Waals surface area contributed by atoms with Crippen LogP contribution in [0.1, 0.15) is 11.1 Å². The molecule has 0 saturated heterocycles. The topological polar surface area (TPSA) is 96.4 Å². The van der Waals surface area contributed by atoms with Crippen molar-refractivity contribution in [2.45, 2.75) is 0 Å². The maximum atomic E-state index is 10.6. The summed E-state index contributed by atoms with van der Waals surface area (Å²) in [6.45, 7) is 0. The molecule has 0 radical (unpaired) electrons. The van der Waals surface area contributed by atoms with Crippen molar-refractivity contribution in [1.29, 1.82) is 5.26 Å². The molecule has 0 heterocycles. The van der Waals surface area contributed by atoms with Crippen LogP contribution in [0.25, 0.3) is 11.6 Å². The molecule has 6 heteroatoms. The van der Waals surface area contributed by atoms with Gasteiger partial charge in [-0.3, -0.25) is 10.1 Å². The molecule has 0 unspecified atom stereocenters. The highest BCUT2D eigenvalue weighted by molar-refractivity contribution is 5.91. The number of non-ortho nitro benzene ring substituents is 1. The summed E-state index contributed by atoms with van der Waals surface area (Å²) >= 11 is 0. The molecule has 1 N–H and O–H groups in total. The Morgan fingerprint density at radius 3 is 2.55 bits per heavy atom. The van der Waals surface area contributed by atoms with E-state index >= 15 is 0 Å². The monoisotopic (exact) mass is 296 g/mol. The molecule has 0 aliphatic rings. The molecule has 0 saturated carbocycles. The lowest BCUT2D eigenvalue weighted by atomic mass is 10.0. The van der Waals surface area contributed by atoms with Gasteiger partial charge in [-0.25, -0.2) is 0 Å². The van der Waals surface area contributed by atoms with Gasteiger partial charge < -0.3 is 9.84 Å². The molecule has 0 bridgehead atoms. The van der Waals surface area contributed by atoms with Gasteiger partial charge in [-0.15, -0.1) is 0 Å². The fourth-order valence-electron chi connectivity index (χ4n) is 1.92. The zero-order valence-corrected chi connectivity index (χ0v) is 11.7. The summed E-state index contributed by atoms with van der Waals surface area (Å²) in [5.41, 5.74) is 1.17. The van der Waals surface area contributed by atoms with Crippen LogP contribution in [0.5, 0.6) is 11.5 Å². The average Bonchev–Trinajstić information content (AvgIpc) is 2.54. The van der Waals surface area contributed by atoms with Crippen molar-refractivity contribution in [2.75, 3.05) is 7.11 Å². The number of rotatable bonds is 4. The van der Waals surface area contributed by atoms with E-state index in [4.69, 9.17) is 4.74 Å². The summed E-state index contributed by atoms with van der Waals surface area (Å²) < 4.78 is 5.01. The van der Waals surface area contributed by atoms with Crippen LogP contribution in [0, 0.1) is 21.4 Å². The number of phenolic OH excluding ortho intramolecular Hbond substituents is 1. The predicted molar refractivity (Wildman–Crippen MR) is 81.2 cm³/mol. The average molecular weight is 296 g/mol. The zero-order valence-electron chi connectivity index (χ0n) is 11.7. The first kappa shape index (κ1) is 15.1. The molecule has 2 aromatic carbocycles. The molecule has 0 spiro atoms. The van der Waals surface area contributed by atoms with Crippen molar-refractivity contribution < 1.29 is 14.8 Å². The Kier molecular flexibility index (Phi) is 4.39. The van der Waals surface area contributed by atoms with Crippen molar-refractivity contribution in [3.05, 3.63) is 63.7 Å². The number of phenols is 1. The Balaban J connectivity index is 2.44. The molecule has 0 aliphatic carbocycles. The van der Waals surface area contributed by atoms with Gasteiger partial charge in [-0.2, -0.15) is 5.26 Å². The highest BCUT2D eigenvalue weighted by atomic mass is 16.6. The summed E-state index contributed by atoms with van der Waals surface area (Å²) in [6, 6.07) is 12.6. The van der Waals surface area contributed by atoms with Crippen molar-refractivity contribution >= 4 is 17.3 Å². The van der Waals surface area contributed by atoms with Crippen LogP contribution in [0.2, 0.25) is 0 Å². The van der Waals surface area contributed by atoms with Crippen LogP contribution in [-0.4, -0.2) is 17.1 Å². The van der Waals surface area contributed by atoms with E-state index in [1.807, 2.05) is 6.07 Å². The van der Waals surface area contributed by atoms with E-state index in [-0.39, 0.29) is 17.0 Å². The van der Waals surface area contributed by atoms with Crippen LogP contribution in [0.3, 0.4) is 0 Å². The number of hydrogen-bond acceptors (Lipinski definition) is 5. The van der Waals surface area contributed by atoms with E-state index in [2.05, 4.69) is 0 Å². The van der Waals surface area contributed by atoms with Crippen molar-refractivity contribution in [1.82, 2.24) is 0 Å². The van der Waals surface area contributed by atoms with Crippen LogP contribution in [0.4, 0.5) is 5.69 Å². The molecule has 0 atom stereocenters. The van der Waals surface area contributed by atoms with Gasteiger partial charge in [-0.05, 0) is 29.8 Å². The lowest BCUT2D eigenvalue weighted by Crippen LogP contribution is -1.89. The van der Waals surface area contributed by atoms with E-state index in [0.717, 1.165) is 0 Å². The number of allylic oxidation sites excluding steroid dienone is 1. The van der Waals surface area contributed by atoms with E-state index in [1.165, 1.54) is 37.5 Å². The number of hydrogen-bond donors (Lipinski definition) is 1.